The van der Waals surface area contributed by atoms with E-state index in [0.29, 0.717) is 18.8 Å². The summed E-state index contributed by atoms with van der Waals surface area (Å²) in [7, 11) is -3.52. The summed E-state index contributed by atoms with van der Waals surface area (Å²) in [5.41, 5.74) is 8.77. The van der Waals surface area contributed by atoms with Crippen molar-refractivity contribution in [3.63, 3.8) is 0 Å². The Bertz CT molecular complexity index is 592. The van der Waals surface area contributed by atoms with Gasteiger partial charge in [0.05, 0.1) is 4.90 Å². The largest absolute Gasteiger partial charge is 0.243 e. The van der Waals surface area contributed by atoms with Crippen molar-refractivity contribution >= 4 is 15.7 Å². The molecule has 0 unspecified atom stereocenters. The number of rotatable bonds is 7. The van der Waals surface area contributed by atoms with Crippen LogP contribution in [0.5, 0.6) is 0 Å². The van der Waals surface area contributed by atoms with Gasteiger partial charge in [0.15, 0.2) is 0 Å². The van der Waals surface area contributed by atoms with Gasteiger partial charge in [-0.1, -0.05) is 44.9 Å². The second-order valence-electron chi connectivity index (χ2n) is 5.79. The Morgan fingerprint density at radius 2 is 1.57 bits per heavy atom. The lowest BCUT2D eigenvalue weighted by Gasteiger charge is -2.25. The zero-order valence-corrected chi connectivity index (χ0v) is 13.7. The molecular weight excluding hydrogens is 288 g/mol. The van der Waals surface area contributed by atoms with Crippen LogP contribution in [0.2, 0.25) is 0 Å². The maximum atomic E-state index is 12.7. The van der Waals surface area contributed by atoms with Gasteiger partial charge in [-0.3, -0.25) is 0 Å². The molecule has 0 atom stereocenters. The number of azide groups is 1. The first-order valence-corrected chi connectivity index (χ1v) is 8.36. The van der Waals surface area contributed by atoms with Crippen LogP contribution < -0.4 is 0 Å². The van der Waals surface area contributed by atoms with Gasteiger partial charge < -0.3 is 0 Å². The second-order valence-corrected chi connectivity index (χ2v) is 7.73. The van der Waals surface area contributed by atoms with Crippen molar-refractivity contribution in [2.24, 2.45) is 17.0 Å². The van der Waals surface area contributed by atoms with E-state index >= 15 is 0 Å². The molecule has 0 fully saturated rings. The number of hydrogen-bond acceptors (Lipinski definition) is 3. The number of benzene rings is 1. The van der Waals surface area contributed by atoms with Crippen molar-refractivity contribution in [3.05, 3.63) is 34.7 Å². The molecule has 0 saturated heterocycles. The predicted octanol–water partition coefficient (Wildman–Crippen LogP) is 3.93. The molecule has 116 valence electrons. The van der Waals surface area contributed by atoms with Crippen molar-refractivity contribution in [2.75, 3.05) is 13.1 Å². The highest BCUT2D eigenvalue weighted by atomic mass is 32.2. The number of hydrogen-bond donors (Lipinski definition) is 0. The first-order valence-electron chi connectivity index (χ1n) is 6.92. The Balaban J connectivity index is 3.11. The fraction of sp³-hybridized carbons (Fsp3) is 0.571. The predicted molar refractivity (Wildman–Crippen MR) is 83.7 cm³/mol. The van der Waals surface area contributed by atoms with E-state index in [2.05, 4.69) is 10.0 Å². The molecule has 0 aliphatic carbocycles. The highest BCUT2D eigenvalue weighted by Gasteiger charge is 2.25. The van der Waals surface area contributed by atoms with E-state index in [-0.39, 0.29) is 16.7 Å². The zero-order valence-electron chi connectivity index (χ0n) is 12.9. The Morgan fingerprint density at radius 1 is 1.10 bits per heavy atom. The summed E-state index contributed by atoms with van der Waals surface area (Å²) in [4.78, 5) is 2.90. The van der Waals surface area contributed by atoms with Crippen molar-refractivity contribution in [1.82, 2.24) is 4.31 Å². The maximum absolute atomic E-state index is 12.7. The average Bonchev–Trinajstić information content (AvgIpc) is 2.38. The Morgan fingerprint density at radius 3 is 1.95 bits per heavy atom. The fourth-order valence-electron chi connectivity index (χ4n) is 1.97. The molecule has 0 aliphatic heterocycles. The molecule has 0 heterocycles. The van der Waals surface area contributed by atoms with Crippen LogP contribution in [0.1, 0.15) is 27.7 Å². The molecule has 6 nitrogen and oxygen atoms in total. The topological polar surface area (TPSA) is 86.1 Å². The van der Waals surface area contributed by atoms with Gasteiger partial charge in [-0.15, -0.1) is 0 Å². The van der Waals surface area contributed by atoms with Crippen LogP contribution in [-0.4, -0.2) is 25.8 Å². The van der Waals surface area contributed by atoms with E-state index in [4.69, 9.17) is 5.53 Å². The van der Waals surface area contributed by atoms with E-state index in [9.17, 15) is 8.42 Å². The normalized spacial score (nSPS) is 12.0. The van der Waals surface area contributed by atoms with Crippen LogP contribution in [0.15, 0.2) is 34.3 Å². The molecule has 0 bridgehead atoms. The van der Waals surface area contributed by atoms with Gasteiger partial charge in [-0.25, -0.2) is 8.42 Å². The molecule has 0 aliphatic rings. The van der Waals surface area contributed by atoms with Gasteiger partial charge in [0, 0.05) is 23.7 Å². The van der Waals surface area contributed by atoms with E-state index in [1.807, 2.05) is 27.7 Å². The third-order valence-corrected chi connectivity index (χ3v) is 4.62. The van der Waals surface area contributed by atoms with Crippen molar-refractivity contribution in [2.45, 2.75) is 32.6 Å². The van der Waals surface area contributed by atoms with E-state index in [1.54, 1.807) is 0 Å². The number of sulfonamides is 1. The quantitative estimate of drug-likeness (QED) is 0.434. The van der Waals surface area contributed by atoms with Crippen LogP contribution in [0.25, 0.3) is 10.4 Å². The van der Waals surface area contributed by atoms with Crippen molar-refractivity contribution in [3.8, 4) is 0 Å². The monoisotopic (exact) mass is 310 g/mol. The summed E-state index contributed by atoms with van der Waals surface area (Å²) in [6.07, 6.45) is 0. The van der Waals surface area contributed by atoms with Crippen LogP contribution in [0.3, 0.4) is 0 Å². The zero-order chi connectivity index (χ0) is 16.0. The molecule has 0 N–H and O–H groups in total. The molecule has 0 radical (unpaired) electrons. The molecule has 1 rings (SSSR count). The van der Waals surface area contributed by atoms with Gasteiger partial charge in [0.1, 0.15) is 0 Å². The average molecular weight is 310 g/mol. The maximum Gasteiger partial charge on any atom is 0.243 e. The second kappa shape index (κ2) is 7.45. The summed E-state index contributed by atoms with van der Waals surface area (Å²) in [5, 5.41) is 3.44. The molecule has 0 saturated carbocycles. The molecule has 21 heavy (non-hydrogen) atoms. The highest BCUT2D eigenvalue weighted by Crippen LogP contribution is 2.21. The van der Waals surface area contributed by atoms with Gasteiger partial charge in [0.2, 0.25) is 10.0 Å². The van der Waals surface area contributed by atoms with E-state index < -0.39 is 10.0 Å². The Kier molecular flexibility index (Phi) is 6.20. The minimum atomic E-state index is -3.52. The third-order valence-electron chi connectivity index (χ3n) is 2.77. The summed E-state index contributed by atoms with van der Waals surface area (Å²) in [6.45, 7) is 8.94. The lowest BCUT2D eigenvalue weighted by molar-refractivity contribution is 0.333. The van der Waals surface area contributed by atoms with Gasteiger partial charge in [-0.2, -0.15) is 4.31 Å². The first kappa shape index (κ1) is 17.5. The van der Waals surface area contributed by atoms with Crippen LogP contribution in [0.4, 0.5) is 5.69 Å². The minimum absolute atomic E-state index is 0.223. The SMILES string of the molecule is CC(C)CN(CC(C)C)S(=O)(=O)c1ccc(N=[N+]=[N-])cc1. The first-order chi connectivity index (χ1) is 9.77. The molecular formula is C14H22N4O2S. The summed E-state index contributed by atoms with van der Waals surface area (Å²) in [5.74, 6) is 0.502. The van der Waals surface area contributed by atoms with Gasteiger partial charge in [-0.05, 0) is 29.5 Å². The fourth-order valence-corrected chi connectivity index (χ4v) is 3.74. The molecule has 1 aromatic carbocycles. The lowest BCUT2D eigenvalue weighted by Crippen LogP contribution is -2.36. The molecule has 1 aromatic rings. The molecule has 0 amide bonds. The van der Waals surface area contributed by atoms with E-state index in [1.165, 1.54) is 28.6 Å². The smallest absolute Gasteiger partial charge is 0.207 e. The Labute approximate surface area is 126 Å². The molecule has 7 heteroatoms. The van der Waals surface area contributed by atoms with Crippen LogP contribution in [0, 0.1) is 11.8 Å². The van der Waals surface area contributed by atoms with Gasteiger partial charge >= 0.3 is 0 Å². The van der Waals surface area contributed by atoms with Crippen molar-refractivity contribution < 1.29 is 8.42 Å². The number of nitrogens with zero attached hydrogens (tertiary/aromatic N) is 4. The van der Waals surface area contributed by atoms with Crippen LogP contribution in [-0.2, 0) is 10.0 Å². The minimum Gasteiger partial charge on any atom is -0.207 e. The van der Waals surface area contributed by atoms with Crippen LogP contribution >= 0.6 is 0 Å². The summed E-state index contributed by atoms with van der Waals surface area (Å²) < 4.78 is 26.9. The molecule has 0 aromatic heterocycles. The Hall–Kier alpha value is -1.56. The standard InChI is InChI=1S/C14H22N4O2S/c1-11(2)9-18(10-12(3)4)21(19,20)14-7-5-13(6-8-14)16-17-15/h5-8,11-12H,9-10H2,1-4H3. The van der Waals surface area contributed by atoms with Crippen molar-refractivity contribution in [1.29, 1.82) is 0 Å². The molecule has 0 spiro atoms. The summed E-state index contributed by atoms with van der Waals surface area (Å²) >= 11 is 0. The summed E-state index contributed by atoms with van der Waals surface area (Å²) in [6, 6.07) is 5.98. The van der Waals surface area contributed by atoms with E-state index in [0.717, 1.165) is 0 Å². The van der Waals surface area contributed by atoms with Gasteiger partial charge in [0.25, 0.3) is 0 Å². The third kappa shape index (κ3) is 5.04. The lowest BCUT2D eigenvalue weighted by atomic mass is 10.2. The highest BCUT2D eigenvalue weighted by molar-refractivity contribution is 7.89.